The molecule has 0 atom stereocenters. The van der Waals surface area contributed by atoms with Gasteiger partial charge in [-0.05, 0) is 49.9 Å². The molecule has 0 saturated carbocycles. The summed E-state index contributed by atoms with van der Waals surface area (Å²) in [4.78, 5) is 11.9. The number of nitrogens with zero attached hydrogens (tertiary/aromatic N) is 2. The van der Waals surface area contributed by atoms with E-state index in [1.54, 1.807) is 0 Å². The molecule has 24 heavy (non-hydrogen) atoms. The number of rotatable bonds is 8. The van der Waals surface area contributed by atoms with Gasteiger partial charge in [-0.3, -0.25) is 4.79 Å². The Morgan fingerprint density at radius 2 is 1.96 bits per heavy atom. The molecular weight excluding hydrogens is 340 g/mol. The van der Waals surface area contributed by atoms with Crippen molar-refractivity contribution in [1.29, 1.82) is 0 Å². The number of anilines is 2. The zero-order chi connectivity index (χ0) is 17.5. The Balaban J connectivity index is 1.86. The number of carbonyl (C=O) groups is 1. The second-order valence-corrected chi connectivity index (χ2v) is 7.87. The Bertz CT molecular complexity index is 683. The number of aryl methyl sites for hydroxylation is 2. The molecule has 0 aliphatic heterocycles. The topological polar surface area (TPSA) is 66.9 Å². The first-order chi connectivity index (χ1) is 11.5. The van der Waals surface area contributed by atoms with Gasteiger partial charge in [0.05, 0.1) is 5.75 Å². The number of amides is 1. The van der Waals surface area contributed by atoms with Crippen LogP contribution in [0, 0.1) is 13.8 Å². The summed E-state index contributed by atoms with van der Waals surface area (Å²) in [6.45, 7) is 8.33. The highest BCUT2D eigenvalue weighted by Crippen LogP contribution is 2.28. The lowest BCUT2D eigenvalue weighted by molar-refractivity contribution is -0.119. The lowest BCUT2D eigenvalue weighted by Crippen LogP contribution is -2.34. The van der Waals surface area contributed by atoms with E-state index in [0.29, 0.717) is 5.75 Å². The molecule has 1 aromatic carbocycles. The fraction of sp³-hybridized carbons (Fsp3) is 0.471. The SMILES string of the molecule is CCC(CC)NC(=O)CSc1nnc(Nc2ccc(C)c(C)c2)s1. The summed E-state index contributed by atoms with van der Waals surface area (Å²) in [6, 6.07) is 6.46. The van der Waals surface area contributed by atoms with E-state index in [1.807, 2.05) is 6.07 Å². The maximum Gasteiger partial charge on any atom is 0.230 e. The van der Waals surface area contributed by atoms with E-state index in [9.17, 15) is 4.79 Å². The molecule has 0 unspecified atom stereocenters. The lowest BCUT2D eigenvalue weighted by Gasteiger charge is -2.13. The van der Waals surface area contributed by atoms with Gasteiger partial charge in [-0.15, -0.1) is 10.2 Å². The van der Waals surface area contributed by atoms with Crippen LogP contribution in [-0.2, 0) is 4.79 Å². The predicted octanol–water partition coefficient (Wildman–Crippen LogP) is 4.30. The Labute approximate surface area is 151 Å². The van der Waals surface area contributed by atoms with Crippen molar-refractivity contribution < 1.29 is 4.79 Å². The molecule has 0 aliphatic carbocycles. The summed E-state index contributed by atoms with van der Waals surface area (Å²) in [7, 11) is 0. The van der Waals surface area contributed by atoms with Crippen LogP contribution in [0.1, 0.15) is 37.8 Å². The number of thioether (sulfide) groups is 1. The number of hydrogen-bond acceptors (Lipinski definition) is 6. The van der Waals surface area contributed by atoms with E-state index in [1.165, 1.54) is 34.2 Å². The summed E-state index contributed by atoms with van der Waals surface area (Å²) in [5.41, 5.74) is 3.49. The summed E-state index contributed by atoms with van der Waals surface area (Å²) < 4.78 is 0.793. The van der Waals surface area contributed by atoms with Gasteiger partial charge in [0.2, 0.25) is 11.0 Å². The normalized spacial score (nSPS) is 10.9. The average molecular weight is 365 g/mol. The third-order valence-corrected chi connectivity index (χ3v) is 5.81. The Hall–Kier alpha value is -1.60. The van der Waals surface area contributed by atoms with Gasteiger partial charge in [-0.2, -0.15) is 0 Å². The molecule has 7 heteroatoms. The number of carbonyl (C=O) groups excluding carboxylic acids is 1. The van der Waals surface area contributed by atoms with Gasteiger partial charge in [-0.1, -0.05) is 43.0 Å². The fourth-order valence-electron chi connectivity index (χ4n) is 2.15. The van der Waals surface area contributed by atoms with Crippen molar-refractivity contribution >= 4 is 39.8 Å². The van der Waals surface area contributed by atoms with Gasteiger partial charge >= 0.3 is 0 Å². The minimum atomic E-state index is 0.0487. The molecule has 130 valence electrons. The van der Waals surface area contributed by atoms with Crippen molar-refractivity contribution in [3.05, 3.63) is 29.3 Å². The third-order valence-electron chi connectivity index (χ3n) is 3.84. The van der Waals surface area contributed by atoms with Crippen molar-refractivity contribution in [2.75, 3.05) is 11.1 Å². The van der Waals surface area contributed by atoms with Gasteiger partial charge < -0.3 is 10.6 Å². The number of benzene rings is 1. The first kappa shape index (κ1) is 18.7. The van der Waals surface area contributed by atoms with E-state index in [2.05, 4.69) is 60.7 Å². The van der Waals surface area contributed by atoms with Crippen molar-refractivity contribution in [2.24, 2.45) is 0 Å². The molecule has 1 aromatic heterocycles. The highest BCUT2D eigenvalue weighted by Gasteiger charge is 2.11. The monoisotopic (exact) mass is 364 g/mol. The van der Waals surface area contributed by atoms with Crippen molar-refractivity contribution in [1.82, 2.24) is 15.5 Å². The van der Waals surface area contributed by atoms with Crippen LogP contribution in [0.2, 0.25) is 0 Å². The van der Waals surface area contributed by atoms with Crippen LogP contribution >= 0.6 is 23.1 Å². The van der Waals surface area contributed by atoms with Crippen LogP contribution in [0.4, 0.5) is 10.8 Å². The Morgan fingerprint density at radius 1 is 1.21 bits per heavy atom. The van der Waals surface area contributed by atoms with Crippen LogP contribution in [0.5, 0.6) is 0 Å². The van der Waals surface area contributed by atoms with E-state index in [0.717, 1.165) is 28.0 Å². The minimum absolute atomic E-state index is 0.0487. The quantitative estimate of drug-likeness (QED) is 0.684. The summed E-state index contributed by atoms with van der Waals surface area (Å²) in [6.07, 6.45) is 1.91. The molecule has 0 fully saturated rings. The molecule has 1 heterocycles. The van der Waals surface area contributed by atoms with Gasteiger partial charge in [0.15, 0.2) is 4.34 Å². The summed E-state index contributed by atoms with van der Waals surface area (Å²) >= 11 is 2.88. The van der Waals surface area contributed by atoms with Crippen LogP contribution < -0.4 is 10.6 Å². The number of hydrogen-bond donors (Lipinski definition) is 2. The van der Waals surface area contributed by atoms with Crippen molar-refractivity contribution in [2.45, 2.75) is 50.9 Å². The largest absolute Gasteiger partial charge is 0.353 e. The molecule has 0 aliphatic rings. The maximum absolute atomic E-state index is 11.9. The smallest absolute Gasteiger partial charge is 0.230 e. The van der Waals surface area contributed by atoms with Crippen molar-refractivity contribution in [3.63, 3.8) is 0 Å². The third kappa shape index (κ3) is 5.49. The molecule has 0 spiro atoms. The molecule has 0 bridgehead atoms. The van der Waals surface area contributed by atoms with E-state index in [-0.39, 0.29) is 11.9 Å². The molecule has 2 aromatic rings. The zero-order valence-corrected chi connectivity index (χ0v) is 16.2. The molecule has 0 saturated heterocycles. The second kappa shape index (κ2) is 9.03. The Morgan fingerprint density at radius 3 is 2.62 bits per heavy atom. The van der Waals surface area contributed by atoms with Crippen LogP contribution in [-0.4, -0.2) is 27.9 Å². The standard InChI is InChI=1S/C17H24N4OS2/c1-5-13(6-2)18-15(22)10-23-17-21-20-16(24-17)19-14-8-7-11(3)12(4)9-14/h7-9,13H,5-6,10H2,1-4H3,(H,18,22)(H,19,20). The Kier molecular flexibility index (Phi) is 7.05. The molecule has 0 radical (unpaired) electrons. The van der Waals surface area contributed by atoms with Crippen LogP contribution in [0.15, 0.2) is 22.5 Å². The highest BCUT2D eigenvalue weighted by molar-refractivity contribution is 8.01. The predicted molar refractivity (Wildman–Crippen MR) is 102 cm³/mol. The first-order valence-corrected chi connectivity index (χ1v) is 9.92. The van der Waals surface area contributed by atoms with Gasteiger partial charge in [-0.25, -0.2) is 0 Å². The molecule has 5 nitrogen and oxygen atoms in total. The zero-order valence-electron chi connectivity index (χ0n) is 14.5. The maximum atomic E-state index is 11.9. The van der Waals surface area contributed by atoms with Crippen LogP contribution in [0.25, 0.3) is 0 Å². The second-order valence-electron chi connectivity index (χ2n) is 5.67. The molecular formula is C17H24N4OS2. The van der Waals surface area contributed by atoms with Gasteiger partial charge in [0.25, 0.3) is 0 Å². The first-order valence-electron chi connectivity index (χ1n) is 8.11. The molecule has 1 amide bonds. The highest BCUT2D eigenvalue weighted by atomic mass is 32.2. The fourth-order valence-corrected chi connectivity index (χ4v) is 3.73. The average Bonchev–Trinajstić information content (AvgIpc) is 3.01. The van der Waals surface area contributed by atoms with Crippen LogP contribution in [0.3, 0.4) is 0 Å². The molecule has 2 rings (SSSR count). The van der Waals surface area contributed by atoms with Gasteiger partial charge in [0, 0.05) is 11.7 Å². The molecule has 2 N–H and O–H groups in total. The van der Waals surface area contributed by atoms with Gasteiger partial charge in [0.1, 0.15) is 0 Å². The number of aromatic nitrogens is 2. The summed E-state index contributed by atoms with van der Waals surface area (Å²) in [5, 5.41) is 15.3. The number of nitrogens with one attached hydrogen (secondary N) is 2. The van der Waals surface area contributed by atoms with E-state index in [4.69, 9.17) is 0 Å². The van der Waals surface area contributed by atoms with E-state index < -0.39 is 0 Å². The van der Waals surface area contributed by atoms with E-state index >= 15 is 0 Å². The summed E-state index contributed by atoms with van der Waals surface area (Å²) in [5.74, 6) is 0.418. The van der Waals surface area contributed by atoms with Crippen molar-refractivity contribution in [3.8, 4) is 0 Å². The lowest BCUT2D eigenvalue weighted by atomic mass is 10.1. The minimum Gasteiger partial charge on any atom is -0.353 e.